The maximum atomic E-state index is 10.9. The lowest BCUT2D eigenvalue weighted by atomic mass is 10.2. The van der Waals surface area contributed by atoms with Crippen molar-refractivity contribution in [2.24, 2.45) is 0 Å². The number of benzene rings is 1. The third-order valence-corrected chi connectivity index (χ3v) is 2.85. The zero-order valence-corrected chi connectivity index (χ0v) is 9.93. The zero-order valence-electron chi connectivity index (χ0n) is 9.93. The Morgan fingerprint density at radius 3 is 2.65 bits per heavy atom. The molecule has 0 aliphatic rings. The van der Waals surface area contributed by atoms with E-state index in [4.69, 9.17) is 9.52 Å². The van der Waals surface area contributed by atoms with Crippen molar-refractivity contribution >= 4 is 22.6 Å². The molecule has 0 saturated carbocycles. The third-order valence-electron chi connectivity index (χ3n) is 2.85. The molecule has 4 nitrogen and oxygen atoms in total. The molecule has 0 spiro atoms. The van der Waals surface area contributed by atoms with Crippen LogP contribution in [0, 0.1) is 0 Å². The number of hydrogen-bond acceptors (Lipinski definition) is 3. The summed E-state index contributed by atoms with van der Waals surface area (Å²) in [7, 11) is 0. The molecule has 0 fully saturated rings. The van der Waals surface area contributed by atoms with Crippen molar-refractivity contribution < 1.29 is 14.3 Å². The minimum absolute atomic E-state index is 0.0143. The number of fused-ring (bicyclic) bond motifs is 1. The second-order valence-corrected chi connectivity index (χ2v) is 3.78. The number of nitrogens with zero attached hydrogens (tertiary/aromatic N) is 1. The molecule has 90 valence electrons. The first-order valence-corrected chi connectivity index (χ1v) is 5.68. The molecule has 1 heterocycles. The average Bonchev–Trinajstić information content (AvgIpc) is 2.75. The summed E-state index contributed by atoms with van der Waals surface area (Å²) in [6, 6.07) is 7.24. The van der Waals surface area contributed by atoms with Gasteiger partial charge in [0.25, 0.3) is 0 Å². The third kappa shape index (κ3) is 1.98. The Balaban J connectivity index is 2.60. The minimum Gasteiger partial charge on any atom is -0.475 e. The fourth-order valence-corrected chi connectivity index (χ4v) is 1.99. The van der Waals surface area contributed by atoms with Gasteiger partial charge in [-0.05, 0) is 26.0 Å². The van der Waals surface area contributed by atoms with Crippen LogP contribution < -0.4 is 4.90 Å². The predicted octanol–water partition coefficient (Wildman–Crippen LogP) is 2.98. The molecule has 1 N–H and O–H groups in total. The summed E-state index contributed by atoms with van der Waals surface area (Å²) >= 11 is 0. The lowest BCUT2D eigenvalue weighted by molar-refractivity contribution is 0.0665. The molecule has 0 atom stereocenters. The average molecular weight is 233 g/mol. The van der Waals surface area contributed by atoms with Gasteiger partial charge in [0.1, 0.15) is 5.58 Å². The van der Waals surface area contributed by atoms with E-state index in [0.29, 0.717) is 5.58 Å². The first kappa shape index (κ1) is 11.5. The Morgan fingerprint density at radius 2 is 2.06 bits per heavy atom. The Labute approximate surface area is 99.4 Å². The molecule has 2 aromatic rings. The van der Waals surface area contributed by atoms with Crippen LogP contribution >= 0.6 is 0 Å². The lowest BCUT2D eigenvalue weighted by Gasteiger charge is -2.21. The molecule has 2 rings (SSSR count). The molecule has 0 radical (unpaired) electrons. The highest BCUT2D eigenvalue weighted by molar-refractivity contribution is 5.97. The summed E-state index contributed by atoms with van der Waals surface area (Å²) in [6.07, 6.45) is 0. The van der Waals surface area contributed by atoms with Gasteiger partial charge in [0.05, 0.1) is 0 Å². The van der Waals surface area contributed by atoms with E-state index >= 15 is 0 Å². The van der Waals surface area contributed by atoms with E-state index in [9.17, 15) is 4.79 Å². The van der Waals surface area contributed by atoms with Crippen molar-refractivity contribution in [1.29, 1.82) is 0 Å². The molecule has 1 aromatic carbocycles. The number of furan rings is 1. The van der Waals surface area contributed by atoms with Crippen molar-refractivity contribution in [2.45, 2.75) is 13.8 Å². The predicted molar refractivity (Wildman–Crippen MR) is 66.7 cm³/mol. The number of hydrogen-bond donors (Lipinski definition) is 1. The van der Waals surface area contributed by atoms with E-state index in [1.54, 1.807) is 12.1 Å². The van der Waals surface area contributed by atoms with Gasteiger partial charge in [-0.1, -0.05) is 6.07 Å². The number of carboxylic acids is 1. The Morgan fingerprint density at radius 1 is 1.35 bits per heavy atom. The van der Waals surface area contributed by atoms with Gasteiger partial charge in [-0.15, -0.1) is 0 Å². The monoisotopic (exact) mass is 233 g/mol. The van der Waals surface area contributed by atoms with Crippen LogP contribution in [-0.4, -0.2) is 24.2 Å². The van der Waals surface area contributed by atoms with Gasteiger partial charge in [-0.2, -0.15) is 0 Å². The summed E-state index contributed by atoms with van der Waals surface area (Å²) in [5.74, 6) is -1.05. The van der Waals surface area contributed by atoms with Gasteiger partial charge in [0.15, 0.2) is 0 Å². The number of carbonyl (C=O) groups is 1. The fourth-order valence-electron chi connectivity index (χ4n) is 1.99. The maximum absolute atomic E-state index is 10.9. The molecule has 0 amide bonds. The van der Waals surface area contributed by atoms with E-state index < -0.39 is 5.97 Å². The van der Waals surface area contributed by atoms with Crippen molar-refractivity contribution in [3.05, 3.63) is 30.0 Å². The molecule has 0 aliphatic carbocycles. The van der Waals surface area contributed by atoms with E-state index in [2.05, 4.69) is 18.7 Å². The fraction of sp³-hybridized carbons (Fsp3) is 0.308. The molecule has 17 heavy (non-hydrogen) atoms. The standard InChI is InChI=1S/C13H15NO3/c1-3-14(4-2)10-6-5-7-11-9(10)8-12(17-11)13(15)16/h5-8H,3-4H2,1-2H3,(H,15,16). The maximum Gasteiger partial charge on any atom is 0.371 e. The smallest absolute Gasteiger partial charge is 0.371 e. The second-order valence-electron chi connectivity index (χ2n) is 3.78. The van der Waals surface area contributed by atoms with Gasteiger partial charge in [0.2, 0.25) is 5.76 Å². The largest absolute Gasteiger partial charge is 0.475 e. The zero-order chi connectivity index (χ0) is 12.4. The molecule has 4 heteroatoms. The number of carboxylic acid groups (broad SMARTS) is 1. The summed E-state index contributed by atoms with van der Waals surface area (Å²) in [5, 5.41) is 9.78. The Kier molecular flexibility index (Phi) is 3.04. The van der Waals surface area contributed by atoms with E-state index in [1.165, 1.54) is 0 Å². The van der Waals surface area contributed by atoms with Crippen LogP contribution in [0.4, 0.5) is 5.69 Å². The van der Waals surface area contributed by atoms with E-state index in [0.717, 1.165) is 24.2 Å². The van der Waals surface area contributed by atoms with Crippen LogP contribution in [0.2, 0.25) is 0 Å². The molecule has 1 aromatic heterocycles. The topological polar surface area (TPSA) is 53.7 Å². The molecular formula is C13H15NO3. The van der Waals surface area contributed by atoms with Gasteiger partial charge < -0.3 is 14.4 Å². The summed E-state index contributed by atoms with van der Waals surface area (Å²) in [6.45, 7) is 5.90. The quantitative estimate of drug-likeness (QED) is 0.882. The van der Waals surface area contributed by atoms with Gasteiger partial charge >= 0.3 is 5.97 Å². The van der Waals surface area contributed by atoms with Crippen molar-refractivity contribution in [2.75, 3.05) is 18.0 Å². The van der Waals surface area contributed by atoms with Crippen molar-refractivity contribution in [3.63, 3.8) is 0 Å². The van der Waals surface area contributed by atoms with Gasteiger partial charge in [-0.25, -0.2) is 4.79 Å². The molecule has 0 unspecified atom stereocenters. The van der Waals surface area contributed by atoms with Crippen LogP contribution in [0.1, 0.15) is 24.4 Å². The first-order chi connectivity index (χ1) is 8.17. The van der Waals surface area contributed by atoms with Crippen LogP contribution in [-0.2, 0) is 0 Å². The van der Waals surface area contributed by atoms with E-state index in [-0.39, 0.29) is 5.76 Å². The normalized spacial score (nSPS) is 10.7. The summed E-state index contributed by atoms with van der Waals surface area (Å²) in [5.41, 5.74) is 1.63. The molecular weight excluding hydrogens is 218 g/mol. The molecule has 0 bridgehead atoms. The molecule has 0 aliphatic heterocycles. The highest BCUT2D eigenvalue weighted by atomic mass is 16.4. The highest BCUT2D eigenvalue weighted by Gasteiger charge is 2.14. The van der Waals surface area contributed by atoms with Crippen molar-refractivity contribution in [1.82, 2.24) is 0 Å². The molecule has 0 saturated heterocycles. The summed E-state index contributed by atoms with van der Waals surface area (Å²) < 4.78 is 5.28. The Hall–Kier alpha value is -1.97. The second kappa shape index (κ2) is 4.49. The van der Waals surface area contributed by atoms with Gasteiger partial charge in [-0.3, -0.25) is 0 Å². The van der Waals surface area contributed by atoms with Crippen LogP contribution in [0.15, 0.2) is 28.7 Å². The van der Waals surface area contributed by atoms with Crippen LogP contribution in [0.25, 0.3) is 11.0 Å². The van der Waals surface area contributed by atoms with Crippen LogP contribution in [0.3, 0.4) is 0 Å². The number of aromatic carboxylic acids is 1. The number of anilines is 1. The highest BCUT2D eigenvalue weighted by Crippen LogP contribution is 2.29. The summed E-state index contributed by atoms with van der Waals surface area (Å²) in [4.78, 5) is 13.1. The van der Waals surface area contributed by atoms with Crippen LogP contribution in [0.5, 0.6) is 0 Å². The van der Waals surface area contributed by atoms with Crippen molar-refractivity contribution in [3.8, 4) is 0 Å². The lowest BCUT2D eigenvalue weighted by Crippen LogP contribution is -2.21. The Bertz CT molecular complexity index is 541. The first-order valence-electron chi connectivity index (χ1n) is 5.68. The van der Waals surface area contributed by atoms with Gasteiger partial charge in [0, 0.05) is 30.2 Å². The SMILES string of the molecule is CCN(CC)c1cccc2oc(C(=O)O)cc12. The minimum atomic E-state index is -1.04. The number of rotatable bonds is 4. The van der Waals surface area contributed by atoms with E-state index in [1.807, 2.05) is 12.1 Å².